The van der Waals surface area contributed by atoms with Gasteiger partial charge in [-0.25, -0.2) is 8.42 Å². The van der Waals surface area contributed by atoms with Crippen LogP contribution in [0.3, 0.4) is 0 Å². The molecule has 1 amide bonds. The highest BCUT2D eigenvalue weighted by molar-refractivity contribution is 7.89. The highest BCUT2D eigenvalue weighted by atomic mass is 35.5. The molecule has 6 nitrogen and oxygen atoms in total. The van der Waals surface area contributed by atoms with Crippen molar-refractivity contribution in [3.8, 4) is 11.1 Å². The van der Waals surface area contributed by atoms with Crippen molar-refractivity contribution in [2.75, 3.05) is 6.54 Å². The van der Waals surface area contributed by atoms with E-state index >= 15 is 0 Å². The molecule has 0 spiro atoms. The minimum atomic E-state index is -4.02. The molecular formula is C30H30ClN3O3S. The second-order valence-electron chi connectivity index (χ2n) is 8.94. The van der Waals surface area contributed by atoms with E-state index < -0.39 is 22.0 Å². The minimum absolute atomic E-state index is 0.0984. The molecule has 0 aliphatic heterocycles. The minimum Gasteiger partial charge on any atom is -0.351 e. The third kappa shape index (κ3) is 6.49. The summed E-state index contributed by atoms with van der Waals surface area (Å²) in [5.74, 6) is -0.396. The molecule has 0 aliphatic carbocycles. The Morgan fingerprint density at radius 3 is 2.11 bits per heavy atom. The number of nitrogens with one attached hydrogen (secondary N) is 1. The summed E-state index contributed by atoms with van der Waals surface area (Å²) in [7, 11) is -4.02. The van der Waals surface area contributed by atoms with Crippen LogP contribution in [0.15, 0.2) is 108 Å². The van der Waals surface area contributed by atoms with Gasteiger partial charge in [0.05, 0.1) is 11.4 Å². The molecule has 196 valence electrons. The average Bonchev–Trinajstić information content (AvgIpc) is 2.95. The number of carbonyl (C=O) groups is 1. The van der Waals surface area contributed by atoms with Crippen molar-refractivity contribution in [2.45, 2.75) is 31.0 Å². The smallest absolute Gasteiger partial charge is 0.244 e. The van der Waals surface area contributed by atoms with Gasteiger partial charge in [-0.1, -0.05) is 96.5 Å². The van der Waals surface area contributed by atoms with Crippen molar-refractivity contribution < 1.29 is 13.2 Å². The summed E-state index contributed by atoms with van der Waals surface area (Å²) < 4.78 is 28.9. The first kappa shape index (κ1) is 27.5. The molecule has 0 fully saturated rings. The van der Waals surface area contributed by atoms with Gasteiger partial charge < -0.3 is 11.1 Å². The van der Waals surface area contributed by atoms with E-state index in [1.807, 2.05) is 72.8 Å². The molecule has 0 aliphatic rings. The normalized spacial score (nSPS) is 12.3. The van der Waals surface area contributed by atoms with Gasteiger partial charge in [-0.05, 0) is 47.4 Å². The molecule has 4 rings (SSSR count). The number of benzene rings is 4. The Labute approximate surface area is 229 Å². The van der Waals surface area contributed by atoms with Crippen molar-refractivity contribution in [3.05, 3.63) is 125 Å². The number of hydrogen-bond acceptors (Lipinski definition) is 4. The molecule has 0 saturated carbocycles. The van der Waals surface area contributed by atoms with E-state index in [1.54, 1.807) is 37.3 Å². The average molecular weight is 548 g/mol. The molecule has 0 aromatic heterocycles. The zero-order valence-corrected chi connectivity index (χ0v) is 22.6. The molecule has 4 aromatic rings. The number of nitrogens with two attached hydrogens (primary N) is 1. The van der Waals surface area contributed by atoms with Crippen molar-refractivity contribution >= 4 is 27.5 Å². The third-order valence-corrected chi connectivity index (χ3v) is 8.67. The molecule has 0 unspecified atom stereocenters. The second kappa shape index (κ2) is 12.4. The summed E-state index contributed by atoms with van der Waals surface area (Å²) in [6.07, 6.45) is 0. The predicted octanol–water partition coefficient (Wildman–Crippen LogP) is 5.53. The quantitative estimate of drug-likeness (QED) is 0.273. The van der Waals surface area contributed by atoms with Gasteiger partial charge in [-0.3, -0.25) is 4.79 Å². The molecule has 38 heavy (non-hydrogen) atoms. The van der Waals surface area contributed by atoms with Crippen LogP contribution in [0, 0.1) is 0 Å². The third-order valence-electron chi connectivity index (χ3n) is 6.41. The van der Waals surface area contributed by atoms with E-state index in [0.29, 0.717) is 11.6 Å². The second-order valence-corrected chi connectivity index (χ2v) is 11.2. The molecule has 8 heteroatoms. The zero-order valence-electron chi connectivity index (χ0n) is 21.0. The summed E-state index contributed by atoms with van der Waals surface area (Å²) in [6, 6.07) is 30.2. The van der Waals surface area contributed by atoms with Crippen LogP contribution in [0.25, 0.3) is 11.1 Å². The van der Waals surface area contributed by atoms with Crippen LogP contribution in [0.5, 0.6) is 0 Å². The van der Waals surface area contributed by atoms with Crippen molar-refractivity contribution in [1.29, 1.82) is 0 Å². The van der Waals surface area contributed by atoms with Crippen LogP contribution in [-0.2, 0) is 27.9 Å². The Morgan fingerprint density at radius 2 is 1.47 bits per heavy atom. The Morgan fingerprint density at radius 1 is 0.868 bits per heavy atom. The highest BCUT2D eigenvalue weighted by Crippen LogP contribution is 2.31. The van der Waals surface area contributed by atoms with Gasteiger partial charge in [0.15, 0.2) is 0 Å². The Kier molecular flexibility index (Phi) is 8.97. The standard InChI is InChI=1S/C30H30ClN3O3S/c1-22(25-7-3-2-4-8-25)34(21-30(35)33-20-24-13-11-23(19-32)12-14-24)38(36,37)27-17-15-26(16-18-27)28-9-5-6-10-29(28)31/h2-18,22H,19-21,32H2,1H3,(H,33,35)/t22-/m1/s1. The molecule has 0 heterocycles. The largest absolute Gasteiger partial charge is 0.351 e. The van der Waals surface area contributed by atoms with Crippen LogP contribution >= 0.6 is 11.6 Å². The SMILES string of the molecule is C[C@H](c1ccccc1)N(CC(=O)NCc1ccc(CN)cc1)S(=O)(=O)c1ccc(-c2ccccc2Cl)cc1. The summed E-state index contributed by atoms with van der Waals surface area (Å²) in [5, 5.41) is 3.42. The summed E-state index contributed by atoms with van der Waals surface area (Å²) in [6.45, 7) is 2.18. The lowest BCUT2D eigenvalue weighted by Gasteiger charge is -2.28. The van der Waals surface area contributed by atoms with Gasteiger partial charge in [-0.15, -0.1) is 0 Å². The van der Waals surface area contributed by atoms with E-state index in [1.165, 1.54) is 4.31 Å². The van der Waals surface area contributed by atoms with E-state index in [4.69, 9.17) is 17.3 Å². The van der Waals surface area contributed by atoms with Crippen molar-refractivity contribution in [3.63, 3.8) is 0 Å². The number of hydrogen-bond donors (Lipinski definition) is 2. The van der Waals surface area contributed by atoms with Gasteiger partial charge in [-0.2, -0.15) is 4.31 Å². The lowest BCUT2D eigenvalue weighted by Crippen LogP contribution is -2.41. The fourth-order valence-corrected chi connectivity index (χ4v) is 5.98. The first-order chi connectivity index (χ1) is 18.3. The molecule has 3 N–H and O–H groups in total. The van der Waals surface area contributed by atoms with E-state index in [2.05, 4.69) is 5.32 Å². The molecule has 4 aromatic carbocycles. The number of carbonyl (C=O) groups excluding carboxylic acids is 1. The maximum atomic E-state index is 13.9. The number of amides is 1. The van der Waals surface area contributed by atoms with Crippen molar-refractivity contribution in [1.82, 2.24) is 9.62 Å². The fraction of sp³-hybridized carbons (Fsp3) is 0.167. The fourth-order valence-electron chi connectivity index (χ4n) is 4.16. The van der Waals surface area contributed by atoms with Crippen LogP contribution in [0.1, 0.15) is 29.7 Å². The van der Waals surface area contributed by atoms with Crippen molar-refractivity contribution in [2.24, 2.45) is 5.73 Å². The Bertz CT molecular complexity index is 1480. The number of nitrogens with zero attached hydrogens (tertiary/aromatic N) is 1. The summed E-state index contributed by atoms with van der Waals surface area (Å²) in [4.78, 5) is 13.1. The van der Waals surface area contributed by atoms with Gasteiger partial charge >= 0.3 is 0 Å². The van der Waals surface area contributed by atoms with Gasteiger partial charge in [0, 0.05) is 29.7 Å². The maximum Gasteiger partial charge on any atom is 0.244 e. The van der Waals surface area contributed by atoms with Crippen LogP contribution in [0.4, 0.5) is 0 Å². The number of halogens is 1. The molecule has 0 saturated heterocycles. The monoisotopic (exact) mass is 547 g/mol. The van der Waals surface area contributed by atoms with E-state index in [9.17, 15) is 13.2 Å². The lowest BCUT2D eigenvalue weighted by molar-refractivity contribution is -0.121. The lowest BCUT2D eigenvalue weighted by atomic mass is 10.1. The highest BCUT2D eigenvalue weighted by Gasteiger charge is 2.32. The Hall–Kier alpha value is -3.49. The molecule has 1 atom stereocenters. The number of sulfonamides is 1. The van der Waals surface area contributed by atoms with Gasteiger partial charge in [0.2, 0.25) is 15.9 Å². The molecule has 0 radical (unpaired) electrons. The van der Waals surface area contributed by atoms with Gasteiger partial charge in [0.1, 0.15) is 0 Å². The van der Waals surface area contributed by atoms with Crippen LogP contribution in [0.2, 0.25) is 5.02 Å². The van der Waals surface area contributed by atoms with Gasteiger partial charge in [0.25, 0.3) is 0 Å². The number of rotatable bonds is 10. The predicted molar refractivity (Wildman–Crippen MR) is 152 cm³/mol. The van der Waals surface area contributed by atoms with E-state index in [-0.39, 0.29) is 18.0 Å². The van der Waals surface area contributed by atoms with Crippen LogP contribution in [-0.4, -0.2) is 25.2 Å². The molecule has 0 bridgehead atoms. The first-order valence-corrected chi connectivity index (χ1v) is 14.1. The van der Waals surface area contributed by atoms with E-state index in [0.717, 1.165) is 27.8 Å². The maximum absolute atomic E-state index is 13.9. The van der Waals surface area contributed by atoms with Crippen LogP contribution < -0.4 is 11.1 Å². The molecular weight excluding hydrogens is 518 g/mol. The zero-order chi connectivity index (χ0) is 27.1. The Balaban J connectivity index is 1.58. The summed E-state index contributed by atoms with van der Waals surface area (Å²) in [5.41, 5.74) is 9.94. The topological polar surface area (TPSA) is 92.5 Å². The summed E-state index contributed by atoms with van der Waals surface area (Å²) >= 11 is 6.32. The first-order valence-electron chi connectivity index (χ1n) is 12.3.